The van der Waals surface area contributed by atoms with E-state index in [1.54, 1.807) is 30.3 Å². The smallest absolute Gasteiger partial charge is 0.418 e. The van der Waals surface area contributed by atoms with Gasteiger partial charge in [-0.2, -0.15) is 13.2 Å². The van der Waals surface area contributed by atoms with Gasteiger partial charge in [-0.15, -0.1) is 0 Å². The van der Waals surface area contributed by atoms with E-state index in [1.807, 2.05) is 18.2 Å². The number of ether oxygens (including phenoxy) is 2. The zero-order chi connectivity index (χ0) is 38.8. The quantitative estimate of drug-likeness (QED) is 0.137. The summed E-state index contributed by atoms with van der Waals surface area (Å²) in [5, 5.41) is 5.40. The molecule has 3 fully saturated rings. The number of benzene rings is 3. The van der Waals surface area contributed by atoms with Crippen molar-refractivity contribution in [1.29, 1.82) is 0 Å². The van der Waals surface area contributed by atoms with Gasteiger partial charge >= 0.3 is 6.18 Å². The number of carbonyl (C=O) groups is 2. The summed E-state index contributed by atoms with van der Waals surface area (Å²) in [5.74, 6) is 0.0286. The average Bonchev–Trinajstić information content (AvgIpc) is 3.83. The van der Waals surface area contributed by atoms with Gasteiger partial charge in [0, 0.05) is 46.1 Å². The minimum Gasteiger partial charge on any atom is -0.473 e. The molecule has 10 nitrogen and oxygen atoms in total. The number of alkyl halides is 3. The number of amides is 2. The first-order chi connectivity index (χ1) is 26.9. The first-order valence-electron chi connectivity index (χ1n) is 18.7. The van der Waals surface area contributed by atoms with Crippen molar-refractivity contribution in [3.8, 4) is 5.88 Å². The molecule has 0 radical (unpaired) electrons. The van der Waals surface area contributed by atoms with Gasteiger partial charge in [-0.25, -0.2) is 14.4 Å². The summed E-state index contributed by atoms with van der Waals surface area (Å²) in [6.07, 6.45) is -1.09. The number of aromatic nitrogens is 3. The summed E-state index contributed by atoms with van der Waals surface area (Å²) >= 11 is 5.87. The summed E-state index contributed by atoms with van der Waals surface area (Å²) in [4.78, 5) is 38.1. The topological polar surface area (TPSA) is 111 Å². The van der Waals surface area contributed by atoms with Crippen LogP contribution in [0.2, 0.25) is 5.02 Å². The van der Waals surface area contributed by atoms with E-state index in [4.69, 9.17) is 31.0 Å². The molecule has 1 saturated carbocycles. The second-order valence-electron chi connectivity index (χ2n) is 15.0. The Kier molecular flexibility index (Phi) is 9.25. The lowest BCUT2D eigenvalue weighted by atomic mass is 9.93. The zero-order valence-corrected chi connectivity index (χ0v) is 30.9. The Morgan fingerprint density at radius 1 is 1.04 bits per heavy atom. The van der Waals surface area contributed by atoms with Crippen LogP contribution >= 0.6 is 11.6 Å². The van der Waals surface area contributed by atoms with E-state index >= 15 is 0 Å². The van der Waals surface area contributed by atoms with Crippen molar-refractivity contribution in [2.24, 2.45) is 0 Å². The molecule has 5 aromatic rings. The maximum Gasteiger partial charge on any atom is 0.418 e. The maximum absolute atomic E-state index is 14.3. The van der Waals surface area contributed by atoms with Gasteiger partial charge in [-0.3, -0.25) is 14.5 Å². The molecule has 3 aliphatic heterocycles. The number of piperidine rings is 1. The number of imidazole rings is 1. The maximum atomic E-state index is 14.3. The molecule has 0 unspecified atom stereocenters. The number of nitrogens with one attached hydrogen (secondary N) is 2. The summed E-state index contributed by atoms with van der Waals surface area (Å²) in [6, 6.07) is 17.6. The van der Waals surface area contributed by atoms with Gasteiger partial charge in [0.25, 0.3) is 5.91 Å². The molecule has 1 atom stereocenters. The Morgan fingerprint density at radius 3 is 2.55 bits per heavy atom. The van der Waals surface area contributed by atoms with Gasteiger partial charge < -0.3 is 24.7 Å². The fraction of sp³-hybridized carbons (Fsp3) is 0.366. The second kappa shape index (κ2) is 14.2. The highest BCUT2D eigenvalue weighted by atomic mass is 35.5. The third kappa shape index (κ3) is 6.98. The molecule has 5 heterocycles. The predicted molar refractivity (Wildman–Crippen MR) is 200 cm³/mol. The lowest BCUT2D eigenvalue weighted by Gasteiger charge is -2.32. The largest absolute Gasteiger partial charge is 0.473 e. The molecule has 56 heavy (non-hydrogen) atoms. The monoisotopic (exact) mass is 788 g/mol. The van der Waals surface area contributed by atoms with Crippen molar-refractivity contribution in [3.63, 3.8) is 0 Å². The Morgan fingerprint density at radius 2 is 1.84 bits per heavy atom. The van der Waals surface area contributed by atoms with Gasteiger partial charge in [0.05, 0.1) is 46.9 Å². The summed E-state index contributed by atoms with van der Waals surface area (Å²) in [6.45, 7) is 3.51. The molecule has 1 aliphatic carbocycles. The molecule has 2 aromatic heterocycles. The van der Waals surface area contributed by atoms with Crippen LogP contribution in [0, 0.1) is 5.82 Å². The van der Waals surface area contributed by atoms with E-state index in [1.165, 1.54) is 12.1 Å². The molecule has 9 rings (SSSR count). The molecule has 290 valence electrons. The van der Waals surface area contributed by atoms with Gasteiger partial charge in [-0.05, 0) is 99.3 Å². The van der Waals surface area contributed by atoms with E-state index in [2.05, 4.69) is 20.1 Å². The molecule has 4 aliphatic rings. The molecule has 1 spiro atoms. The number of halogens is 5. The molecule has 2 amide bonds. The van der Waals surface area contributed by atoms with E-state index in [9.17, 15) is 27.2 Å². The summed E-state index contributed by atoms with van der Waals surface area (Å²) < 4.78 is 70.2. The van der Waals surface area contributed by atoms with Gasteiger partial charge in [0.1, 0.15) is 18.2 Å². The number of pyridine rings is 1. The molecule has 2 N–H and O–H groups in total. The van der Waals surface area contributed by atoms with Crippen LogP contribution in [-0.4, -0.2) is 57.0 Å². The Labute approximate surface area is 324 Å². The van der Waals surface area contributed by atoms with Crippen LogP contribution in [0.15, 0.2) is 66.7 Å². The first-order valence-corrected chi connectivity index (χ1v) is 19.1. The molecule has 15 heteroatoms. The van der Waals surface area contributed by atoms with Crippen LogP contribution in [0.3, 0.4) is 0 Å². The Balaban J connectivity index is 0.893. The molecular formula is C41H37ClF4N6O4. The average molecular weight is 789 g/mol. The zero-order valence-electron chi connectivity index (χ0n) is 30.1. The Hall–Kier alpha value is -5.05. The lowest BCUT2D eigenvalue weighted by molar-refractivity contribution is -0.136. The van der Waals surface area contributed by atoms with Crippen molar-refractivity contribution in [2.75, 3.05) is 30.3 Å². The van der Waals surface area contributed by atoms with Gasteiger partial charge in [-0.1, -0.05) is 23.7 Å². The normalized spacial score (nSPS) is 19.2. The number of hydrogen-bond donors (Lipinski definition) is 2. The van der Waals surface area contributed by atoms with E-state index < -0.39 is 34.8 Å². The SMILES string of the molecule is O=C(Nc1cc(C(F)(F)F)c2c(c1)C1(CC1)C(=O)N2)c1ccc2c(c1)nc(CN1CCC(c3cccc(OCc4ccc(Cl)cc4F)n3)CC1)n2C[C@@H]1CCO1. The van der Waals surface area contributed by atoms with Crippen molar-refractivity contribution in [3.05, 3.63) is 111 Å². The number of rotatable bonds is 10. The van der Waals surface area contributed by atoms with Crippen LogP contribution < -0.4 is 15.4 Å². The Bertz CT molecular complexity index is 2370. The van der Waals surface area contributed by atoms with Crippen LogP contribution in [0.1, 0.15) is 76.6 Å². The lowest BCUT2D eigenvalue weighted by Crippen LogP contribution is -2.35. The van der Waals surface area contributed by atoms with Gasteiger partial charge in [0.15, 0.2) is 0 Å². The number of likely N-dealkylation sites (tertiary alicyclic amines) is 1. The number of carbonyl (C=O) groups excluding carboxylic acids is 2. The molecular weight excluding hydrogens is 752 g/mol. The fourth-order valence-electron chi connectivity index (χ4n) is 8.02. The van der Waals surface area contributed by atoms with E-state index in [0.29, 0.717) is 54.5 Å². The third-order valence-electron chi connectivity index (χ3n) is 11.4. The minimum atomic E-state index is -4.72. The van der Waals surface area contributed by atoms with Gasteiger partial charge in [0.2, 0.25) is 11.8 Å². The standard InChI is InChI=1S/C41H37ClF4N6O4/c42-26-6-4-25(31(43)17-26)22-56-36-3-1-2-32(49-36)23-8-13-51(14-9-23)21-35-48-33-16-24(5-7-34(33)52(35)20-28-10-15-55-28)38(53)47-27-18-29-37(30(19-27)41(44,45)46)50-39(54)40(29)11-12-40/h1-7,16-19,23,28H,8-15,20-22H2,(H,47,53)(H,50,54)/t28-/m0/s1. The highest BCUT2D eigenvalue weighted by Crippen LogP contribution is 2.58. The highest BCUT2D eigenvalue weighted by Gasteiger charge is 2.58. The first kappa shape index (κ1) is 36.6. The van der Waals surface area contributed by atoms with Crippen LogP contribution in [0.25, 0.3) is 11.0 Å². The summed E-state index contributed by atoms with van der Waals surface area (Å²) in [7, 11) is 0. The van der Waals surface area contributed by atoms with Crippen LogP contribution in [0.4, 0.5) is 28.9 Å². The molecule has 3 aromatic carbocycles. The number of hydrogen-bond acceptors (Lipinski definition) is 7. The molecule has 2 saturated heterocycles. The third-order valence-corrected chi connectivity index (χ3v) is 11.7. The van der Waals surface area contributed by atoms with E-state index in [0.717, 1.165) is 55.5 Å². The molecule has 0 bridgehead atoms. The fourth-order valence-corrected chi connectivity index (χ4v) is 8.18. The van der Waals surface area contributed by atoms with E-state index in [-0.39, 0.29) is 41.1 Å². The van der Waals surface area contributed by atoms with Crippen LogP contribution in [-0.2, 0) is 40.8 Å². The van der Waals surface area contributed by atoms with Crippen molar-refractivity contribution in [1.82, 2.24) is 19.4 Å². The number of fused-ring (bicyclic) bond motifs is 3. The van der Waals surface area contributed by atoms with Crippen molar-refractivity contribution >= 4 is 45.8 Å². The number of anilines is 2. The second-order valence-corrected chi connectivity index (χ2v) is 15.5. The number of nitrogens with zero attached hydrogens (tertiary/aromatic N) is 4. The highest BCUT2D eigenvalue weighted by molar-refractivity contribution is 6.30. The van der Waals surface area contributed by atoms with Crippen LogP contribution in [0.5, 0.6) is 5.88 Å². The predicted octanol–water partition coefficient (Wildman–Crippen LogP) is 8.23. The minimum absolute atomic E-state index is 0.0246. The van der Waals surface area contributed by atoms with Crippen molar-refractivity contribution in [2.45, 2.75) is 75.4 Å². The van der Waals surface area contributed by atoms with Crippen molar-refractivity contribution < 1.29 is 36.6 Å². The summed E-state index contributed by atoms with van der Waals surface area (Å²) in [5.41, 5.74) is 1.07.